The van der Waals surface area contributed by atoms with E-state index in [2.05, 4.69) is 58.3 Å². The van der Waals surface area contributed by atoms with Crippen molar-refractivity contribution in [3.63, 3.8) is 0 Å². The first-order valence-corrected chi connectivity index (χ1v) is 11.8. The van der Waals surface area contributed by atoms with Crippen LogP contribution in [0.4, 0.5) is 5.69 Å². The summed E-state index contributed by atoms with van der Waals surface area (Å²) in [6, 6.07) is 18.9. The van der Waals surface area contributed by atoms with Gasteiger partial charge in [0.2, 0.25) is 0 Å². The van der Waals surface area contributed by atoms with Gasteiger partial charge in [-0.1, -0.05) is 30.3 Å². The van der Waals surface area contributed by atoms with E-state index in [0.717, 1.165) is 57.6 Å². The topological polar surface area (TPSA) is 40.9 Å². The second-order valence-electron chi connectivity index (χ2n) is 8.45. The highest BCUT2D eigenvalue weighted by Crippen LogP contribution is 2.32. The van der Waals surface area contributed by atoms with E-state index < -0.39 is 0 Å². The fourth-order valence-corrected chi connectivity index (χ4v) is 5.79. The van der Waals surface area contributed by atoms with Gasteiger partial charge in [0.15, 0.2) is 6.54 Å². The number of para-hydroxylation sites is 2. The minimum absolute atomic E-state index is 0.309. The molecule has 5 rings (SSSR count). The number of likely N-dealkylation sites (tertiary alicyclic amines) is 1. The first-order valence-electron chi connectivity index (χ1n) is 11.0. The van der Waals surface area contributed by atoms with Crippen molar-refractivity contribution in [3.05, 3.63) is 59.6 Å². The van der Waals surface area contributed by atoms with Crippen molar-refractivity contribution in [3.8, 4) is 0 Å². The lowest BCUT2D eigenvalue weighted by Crippen LogP contribution is -3.16. The number of piperazine rings is 1. The van der Waals surface area contributed by atoms with Crippen LogP contribution in [0.25, 0.3) is 10.2 Å². The molecule has 1 atom stereocenters. The first-order chi connectivity index (χ1) is 14.8. The zero-order chi connectivity index (χ0) is 20.3. The highest BCUT2D eigenvalue weighted by atomic mass is 32.1. The van der Waals surface area contributed by atoms with Gasteiger partial charge in [-0.3, -0.25) is 4.79 Å². The van der Waals surface area contributed by atoms with Crippen molar-refractivity contribution in [1.82, 2.24) is 9.88 Å². The summed E-state index contributed by atoms with van der Waals surface area (Å²) in [6.45, 7) is 6.41. The smallest absolute Gasteiger partial charge is 0.277 e. The summed E-state index contributed by atoms with van der Waals surface area (Å²) < 4.78 is 1.25. The highest BCUT2D eigenvalue weighted by molar-refractivity contribution is 7.18. The maximum atomic E-state index is 13.0. The molecule has 2 saturated heterocycles. The molecule has 3 aromatic rings. The summed E-state index contributed by atoms with van der Waals surface area (Å²) in [5.74, 6) is 0.689. The lowest BCUT2D eigenvalue weighted by atomic mass is 9.98. The molecule has 3 heterocycles. The molecule has 1 aromatic heterocycles. The number of piperidine rings is 1. The van der Waals surface area contributed by atoms with E-state index in [1.165, 1.54) is 20.3 Å². The van der Waals surface area contributed by atoms with Crippen molar-refractivity contribution >= 4 is 33.1 Å². The van der Waals surface area contributed by atoms with Gasteiger partial charge < -0.3 is 14.7 Å². The molecule has 0 radical (unpaired) electrons. The van der Waals surface area contributed by atoms with Gasteiger partial charge in [0.1, 0.15) is 0 Å². The Morgan fingerprint density at radius 3 is 2.60 bits per heavy atom. The summed E-state index contributed by atoms with van der Waals surface area (Å²) in [4.78, 5) is 23.8. The lowest BCUT2D eigenvalue weighted by Gasteiger charge is -2.36. The van der Waals surface area contributed by atoms with Crippen molar-refractivity contribution in [2.24, 2.45) is 0 Å². The monoisotopic (exact) mass is 421 g/mol. The zero-order valence-corrected chi connectivity index (χ0v) is 18.1. The Morgan fingerprint density at radius 1 is 1.03 bits per heavy atom. The molecule has 30 heavy (non-hydrogen) atoms. The van der Waals surface area contributed by atoms with Crippen LogP contribution in [0, 0.1) is 0 Å². The third-order valence-corrected chi connectivity index (χ3v) is 7.63. The Hall–Kier alpha value is -2.44. The number of nitrogens with one attached hydrogen (secondary N) is 1. The Labute approximate surface area is 181 Å². The standard InChI is InChI=1S/C24H28N4OS/c29-23(18-26-13-15-27(16-14-26)20-8-2-1-3-9-20)28-12-6-7-19(17-28)24-25-21-10-4-5-11-22(21)30-24/h1-5,8-11,19H,6-7,12-18H2/p+1/t19-/m0/s1. The predicted octanol–water partition coefficient (Wildman–Crippen LogP) is 2.41. The second-order valence-corrected chi connectivity index (χ2v) is 9.51. The van der Waals surface area contributed by atoms with Gasteiger partial charge in [0.05, 0.1) is 41.4 Å². The van der Waals surface area contributed by atoms with E-state index in [9.17, 15) is 4.79 Å². The molecule has 0 aliphatic carbocycles. The molecular formula is C24H29N4OS+. The molecule has 6 heteroatoms. The zero-order valence-electron chi connectivity index (χ0n) is 17.3. The third-order valence-electron chi connectivity index (χ3n) is 6.43. The second kappa shape index (κ2) is 8.74. The van der Waals surface area contributed by atoms with Gasteiger partial charge in [0.25, 0.3) is 5.91 Å². The number of hydrogen-bond donors (Lipinski definition) is 1. The summed E-state index contributed by atoms with van der Waals surface area (Å²) >= 11 is 1.79. The normalized spacial score (nSPS) is 20.6. The fraction of sp³-hybridized carbons (Fsp3) is 0.417. The molecule has 0 saturated carbocycles. The van der Waals surface area contributed by atoms with E-state index >= 15 is 0 Å². The van der Waals surface area contributed by atoms with Crippen molar-refractivity contribution in [1.29, 1.82) is 0 Å². The van der Waals surface area contributed by atoms with Crippen LogP contribution < -0.4 is 9.80 Å². The predicted molar refractivity (Wildman–Crippen MR) is 122 cm³/mol. The summed E-state index contributed by atoms with van der Waals surface area (Å²) in [5.41, 5.74) is 2.37. The molecule has 156 valence electrons. The first kappa shape index (κ1) is 19.5. The maximum absolute atomic E-state index is 13.0. The van der Waals surface area contributed by atoms with Gasteiger partial charge in [-0.15, -0.1) is 11.3 Å². The number of aromatic nitrogens is 1. The van der Waals surface area contributed by atoms with E-state index in [4.69, 9.17) is 4.98 Å². The Bertz CT molecular complexity index is 964. The maximum Gasteiger partial charge on any atom is 0.277 e. The minimum atomic E-state index is 0.309. The van der Waals surface area contributed by atoms with Gasteiger partial charge in [-0.25, -0.2) is 4.98 Å². The molecule has 2 aromatic carbocycles. The van der Waals surface area contributed by atoms with Crippen LogP contribution in [0.15, 0.2) is 54.6 Å². The van der Waals surface area contributed by atoms with Crippen LogP contribution in [0.2, 0.25) is 0 Å². The molecule has 5 nitrogen and oxygen atoms in total. The van der Waals surface area contributed by atoms with E-state index in [1.54, 1.807) is 11.3 Å². The SMILES string of the molecule is O=C(C[NH+]1CCN(c2ccccc2)CC1)N1CCC[C@H](c2nc3ccccc3s2)C1. The molecule has 0 unspecified atom stereocenters. The Balaban J connectivity index is 1.16. The van der Waals surface area contributed by atoms with Crippen molar-refractivity contribution < 1.29 is 9.69 Å². The molecule has 0 bridgehead atoms. The molecular weight excluding hydrogens is 392 g/mol. The van der Waals surface area contributed by atoms with Crippen LogP contribution in [0.5, 0.6) is 0 Å². The van der Waals surface area contributed by atoms with E-state index in [1.807, 2.05) is 6.07 Å². The number of thiazole rings is 1. The molecule has 2 aliphatic rings. The molecule has 0 spiro atoms. The third kappa shape index (κ3) is 4.20. The number of carbonyl (C=O) groups is 1. The van der Waals surface area contributed by atoms with Crippen molar-refractivity contribution in [2.45, 2.75) is 18.8 Å². The van der Waals surface area contributed by atoms with Crippen LogP contribution in [0.3, 0.4) is 0 Å². The average molecular weight is 422 g/mol. The van der Waals surface area contributed by atoms with E-state index in [-0.39, 0.29) is 0 Å². The van der Waals surface area contributed by atoms with Gasteiger partial charge >= 0.3 is 0 Å². The summed E-state index contributed by atoms with van der Waals surface area (Å²) in [5, 5.41) is 1.19. The van der Waals surface area contributed by atoms with Crippen LogP contribution in [-0.2, 0) is 4.79 Å². The van der Waals surface area contributed by atoms with Gasteiger partial charge in [-0.05, 0) is 37.1 Å². The molecule has 1 N–H and O–H groups in total. The number of fused-ring (bicyclic) bond motifs is 1. The number of benzene rings is 2. The molecule has 2 aliphatic heterocycles. The molecule has 2 fully saturated rings. The Kier molecular flexibility index (Phi) is 5.69. The minimum Gasteiger partial charge on any atom is -0.360 e. The number of hydrogen-bond acceptors (Lipinski definition) is 4. The largest absolute Gasteiger partial charge is 0.360 e. The van der Waals surface area contributed by atoms with Crippen molar-refractivity contribution in [2.75, 3.05) is 50.7 Å². The van der Waals surface area contributed by atoms with Gasteiger partial charge in [-0.2, -0.15) is 0 Å². The average Bonchev–Trinajstić information content (AvgIpc) is 3.25. The highest BCUT2D eigenvalue weighted by Gasteiger charge is 2.30. The number of quaternary nitrogens is 1. The number of nitrogens with zero attached hydrogens (tertiary/aromatic N) is 3. The van der Waals surface area contributed by atoms with Crippen LogP contribution in [0.1, 0.15) is 23.8 Å². The Morgan fingerprint density at radius 2 is 1.80 bits per heavy atom. The fourth-order valence-electron chi connectivity index (χ4n) is 4.69. The summed E-state index contributed by atoms with van der Waals surface area (Å²) in [6.07, 6.45) is 2.20. The lowest BCUT2D eigenvalue weighted by molar-refractivity contribution is -0.892. The molecule has 1 amide bonds. The number of carbonyl (C=O) groups excluding carboxylic acids is 1. The number of amides is 1. The summed E-state index contributed by atoms with van der Waals surface area (Å²) in [7, 11) is 0. The van der Waals surface area contributed by atoms with Crippen LogP contribution in [-0.4, -0.2) is 61.6 Å². The quantitative estimate of drug-likeness (QED) is 0.703. The van der Waals surface area contributed by atoms with Crippen LogP contribution >= 0.6 is 11.3 Å². The van der Waals surface area contributed by atoms with Gasteiger partial charge in [0, 0.05) is 24.7 Å². The van der Waals surface area contributed by atoms with E-state index in [0.29, 0.717) is 18.4 Å². The number of anilines is 1. The number of rotatable bonds is 4.